The molecule has 134 valence electrons. The van der Waals surface area contributed by atoms with Gasteiger partial charge in [-0.25, -0.2) is 9.69 Å². The van der Waals surface area contributed by atoms with E-state index in [1.807, 2.05) is 6.92 Å². The van der Waals surface area contributed by atoms with E-state index in [1.54, 1.807) is 24.3 Å². The van der Waals surface area contributed by atoms with Crippen molar-refractivity contribution < 1.29 is 19.4 Å². The second-order valence-electron chi connectivity index (χ2n) is 5.43. The molecule has 0 spiro atoms. The first-order valence-corrected chi connectivity index (χ1v) is 8.71. The zero-order valence-corrected chi connectivity index (χ0v) is 15.3. The number of rotatable bonds is 5. The summed E-state index contributed by atoms with van der Waals surface area (Å²) in [6.45, 7) is 2.26. The number of carbonyl (C=O) groups is 2. The number of unbranched alkanes of at least 4 members (excludes halogenated alkanes) is 1. The summed E-state index contributed by atoms with van der Waals surface area (Å²) in [5.41, 5.74) is 0.388. The van der Waals surface area contributed by atoms with E-state index in [0.29, 0.717) is 17.1 Å². The lowest BCUT2D eigenvalue weighted by atomic mass is 10.1. The maximum atomic E-state index is 12.6. The zero-order chi connectivity index (χ0) is 18.4. The van der Waals surface area contributed by atoms with Crippen molar-refractivity contribution in [3.05, 3.63) is 40.6 Å². The number of imide groups is 1. The van der Waals surface area contributed by atoms with Crippen molar-refractivity contribution in [2.45, 2.75) is 26.2 Å². The second kappa shape index (κ2) is 8.82. The Balaban J connectivity index is 2.13. The van der Waals surface area contributed by atoms with Crippen molar-refractivity contribution in [3.63, 3.8) is 0 Å². The van der Waals surface area contributed by atoms with Gasteiger partial charge >= 0.3 is 6.09 Å². The van der Waals surface area contributed by atoms with Crippen LogP contribution in [0.15, 0.2) is 35.6 Å². The van der Waals surface area contributed by atoms with Crippen molar-refractivity contribution >= 4 is 46.5 Å². The number of hydrogen-bond acceptors (Lipinski definition) is 5. The summed E-state index contributed by atoms with van der Waals surface area (Å²) >= 11 is 11.3. The quantitative estimate of drug-likeness (QED) is 0.590. The van der Waals surface area contributed by atoms with Gasteiger partial charge in [0.2, 0.25) is 0 Å². The minimum atomic E-state index is -0.732. The third-order valence-corrected chi connectivity index (χ3v) is 4.25. The highest BCUT2D eigenvalue weighted by Crippen LogP contribution is 2.24. The van der Waals surface area contributed by atoms with Crippen LogP contribution >= 0.6 is 23.8 Å². The van der Waals surface area contributed by atoms with E-state index < -0.39 is 12.0 Å². The van der Waals surface area contributed by atoms with Gasteiger partial charge in [0.05, 0.1) is 17.3 Å². The second-order valence-corrected chi connectivity index (χ2v) is 6.25. The highest BCUT2D eigenvalue weighted by atomic mass is 35.5. The molecule has 0 fully saturated rings. The molecule has 0 unspecified atom stereocenters. The Labute approximate surface area is 156 Å². The molecule has 8 heteroatoms. The van der Waals surface area contributed by atoms with Crippen molar-refractivity contribution in [1.29, 1.82) is 0 Å². The summed E-state index contributed by atoms with van der Waals surface area (Å²) in [7, 11) is 0. The summed E-state index contributed by atoms with van der Waals surface area (Å²) in [6, 6.07) is 6.87. The van der Waals surface area contributed by atoms with Crippen LogP contribution in [0, 0.1) is 0 Å². The SMILES string of the molecule is CCCCOC(=O)N1CCC(O)=C(C(=S)Nc2ccccc2Cl)C1=O. The third-order valence-electron chi connectivity index (χ3n) is 3.61. The summed E-state index contributed by atoms with van der Waals surface area (Å²) in [6.07, 6.45) is 0.977. The number of halogens is 1. The monoisotopic (exact) mass is 382 g/mol. The number of ether oxygens (including phenoxy) is 1. The van der Waals surface area contributed by atoms with Crippen molar-refractivity contribution in [2.24, 2.45) is 0 Å². The molecular weight excluding hydrogens is 364 g/mol. The number of aliphatic hydroxyl groups excluding tert-OH is 1. The van der Waals surface area contributed by atoms with Gasteiger partial charge in [-0.15, -0.1) is 0 Å². The molecule has 6 nitrogen and oxygen atoms in total. The van der Waals surface area contributed by atoms with Gasteiger partial charge in [-0.1, -0.05) is 49.3 Å². The largest absolute Gasteiger partial charge is 0.511 e. The Morgan fingerprint density at radius 3 is 2.84 bits per heavy atom. The Morgan fingerprint density at radius 2 is 2.16 bits per heavy atom. The number of hydrogen-bond donors (Lipinski definition) is 2. The van der Waals surface area contributed by atoms with Gasteiger partial charge in [0.25, 0.3) is 5.91 Å². The van der Waals surface area contributed by atoms with Crippen LogP contribution in [0.3, 0.4) is 0 Å². The standard InChI is InChI=1S/C17H19ClN2O4S/c1-2-3-10-24-17(23)20-9-8-13(21)14(16(20)22)15(25)19-12-7-5-4-6-11(12)18/h4-7,21H,2-3,8-10H2,1H3,(H,19,25). The lowest BCUT2D eigenvalue weighted by molar-refractivity contribution is -0.126. The number of amides is 2. The van der Waals surface area contributed by atoms with E-state index in [0.717, 1.165) is 11.3 Å². The van der Waals surface area contributed by atoms with Crippen LogP contribution in [0.25, 0.3) is 0 Å². The van der Waals surface area contributed by atoms with Crippen LogP contribution in [-0.2, 0) is 9.53 Å². The van der Waals surface area contributed by atoms with E-state index >= 15 is 0 Å². The number of carbonyl (C=O) groups excluding carboxylic acids is 2. The lowest BCUT2D eigenvalue weighted by Gasteiger charge is -2.26. The van der Waals surface area contributed by atoms with Gasteiger partial charge in [0, 0.05) is 13.0 Å². The summed E-state index contributed by atoms with van der Waals surface area (Å²) in [5, 5.41) is 13.3. The number of thiocarbonyl (C=S) groups is 1. The summed E-state index contributed by atoms with van der Waals surface area (Å²) in [4.78, 5) is 25.6. The van der Waals surface area contributed by atoms with E-state index in [2.05, 4.69) is 5.32 Å². The highest BCUT2D eigenvalue weighted by molar-refractivity contribution is 7.81. The van der Waals surface area contributed by atoms with Gasteiger partial charge in [0.15, 0.2) is 0 Å². The lowest BCUT2D eigenvalue weighted by Crippen LogP contribution is -2.44. The maximum absolute atomic E-state index is 12.6. The maximum Gasteiger partial charge on any atom is 0.416 e. The fourth-order valence-electron chi connectivity index (χ4n) is 2.23. The molecule has 25 heavy (non-hydrogen) atoms. The predicted octanol–water partition coefficient (Wildman–Crippen LogP) is 4.06. The van der Waals surface area contributed by atoms with Crippen molar-refractivity contribution in [2.75, 3.05) is 18.5 Å². The molecule has 2 rings (SSSR count). The van der Waals surface area contributed by atoms with Crippen LogP contribution in [-0.4, -0.2) is 40.1 Å². The molecule has 1 aliphatic heterocycles. The molecule has 0 saturated carbocycles. The molecule has 1 aliphatic rings. The molecule has 0 saturated heterocycles. The first-order chi connectivity index (χ1) is 12.0. The third kappa shape index (κ3) is 4.70. The topological polar surface area (TPSA) is 78.9 Å². The smallest absolute Gasteiger partial charge is 0.416 e. The number of aliphatic hydroxyl groups is 1. The van der Waals surface area contributed by atoms with Crippen LogP contribution in [0.2, 0.25) is 5.02 Å². The average molecular weight is 383 g/mol. The van der Waals surface area contributed by atoms with Crippen LogP contribution in [0.4, 0.5) is 10.5 Å². The molecule has 0 radical (unpaired) electrons. The molecule has 1 aromatic carbocycles. The van der Waals surface area contributed by atoms with Crippen molar-refractivity contribution in [1.82, 2.24) is 4.90 Å². The average Bonchev–Trinajstić information content (AvgIpc) is 2.57. The molecular formula is C17H19ClN2O4S. The predicted molar refractivity (Wildman–Crippen MR) is 99.9 cm³/mol. The van der Waals surface area contributed by atoms with Gasteiger partial charge in [-0.2, -0.15) is 0 Å². The van der Waals surface area contributed by atoms with E-state index in [1.165, 1.54) is 0 Å². The number of benzene rings is 1. The van der Waals surface area contributed by atoms with Gasteiger partial charge in [-0.3, -0.25) is 4.79 Å². The zero-order valence-electron chi connectivity index (χ0n) is 13.8. The van der Waals surface area contributed by atoms with Crippen LogP contribution in [0.1, 0.15) is 26.2 Å². The Hall–Kier alpha value is -2.12. The number of nitrogens with zero attached hydrogens (tertiary/aromatic N) is 1. The first kappa shape index (κ1) is 19.2. The minimum absolute atomic E-state index is 0.00154. The summed E-state index contributed by atoms with van der Waals surface area (Å²) in [5.74, 6) is -0.845. The Morgan fingerprint density at radius 1 is 1.44 bits per heavy atom. The minimum Gasteiger partial charge on any atom is -0.511 e. The Bertz CT molecular complexity index is 720. The van der Waals surface area contributed by atoms with E-state index in [9.17, 15) is 14.7 Å². The Kier molecular flexibility index (Phi) is 6.78. The fourth-order valence-corrected chi connectivity index (χ4v) is 2.73. The molecule has 0 aromatic heterocycles. The number of anilines is 1. The molecule has 2 N–H and O–H groups in total. The van der Waals surface area contributed by atoms with Gasteiger partial charge in [-0.05, 0) is 18.6 Å². The van der Waals surface area contributed by atoms with Crippen LogP contribution in [0.5, 0.6) is 0 Å². The molecule has 1 heterocycles. The molecule has 0 atom stereocenters. The molecule has 0 bridgehead atoms. The molecule has 1 aromatic rings. The number of para-hydroxylation sites is 1. The van der Waals surface area contributed by atoms with Crippen molar-refractivity contribution in [3.8, 4) is 0 Å². The van der Waals surface area contributed by atoms with E-state index in [-0.39, 0.29) is 35.9 Å². The highest BCUT2D eigenvalue weighted by Gasteiger charge is 2.34. The van der Waals surface area contributed by atoms with E-state index in [4.69, 9.17) is 28.6 Å². The number of nitrogens with one attached hydrogen (secondary N) is 1. The van der Waals surface area contributed by atoms with Gasteiger partial charge in [0.1, 0.15) is 16.3 Å². The summed E-state index contributed by atoms with van der Waals surface area (Å²) < 4.78 is 5.07. The first-order valence-electron chi connectivity index (χ1n) is 7.92. The normalized spacial score (nSPS) is 14.5. The molecule has 0 aliphatic carbocycles. The fraction of sp³-hybridized carbons (Fsp3) is 0.353. The van der Waals surface area contributed by atoms with Crippen LogP contribution < -0.4 is 5.32 Å². The van der Waals surface area contributed by atoms with Gasteiger partial charge < -0.3 is 15.2 Å². The molecule has 2 amide bonds.